The van der Waals surface area contributed by atoms with Crippen molar-refractivity contribution in [2.45, 2.75) is 5.75 Å². The van der Waals surface area contributed by atoms with E-state index in [2.05, 4.69) is 0 Å². The lowest BCUT2D eigenvalue weighted by molar-refractivity contribution is 0.0303. The summed E-state index contributed by atoms with van der Waals surface area (Å²) >= 11 is 0. The van der Waals surface area contributed by atoms with E-state index in [-0.39, 0.29) is 11.7 Å². The first-order valence-electron chi connectivity index (χ1n) is 8.08. The Labute approximate surface area is 142 Å². The van der Waals surface area contributed by atoms with Crippen molar-refractivity contribution in [2.24, 2.45) is 0 Å². The van der Waals surface area contributed by atoms with E-state index in [1.54, 1.807) is 29.2 Å². The average molecular weight is 354 g/mol. The smallest absolute Gasteiger partial charge is 0.254 e. The predicted molar refractivity (Wildman–Crippen MR) is 88.2 cm³/mol. The van der Waals surface area contributed by atoms with Crippen molar-refractivity contribution < 1.29 is 22.7 Å². The first-order chi connectivity index (χ1) is 11.6. The van der Waals surface area contributed by atoms with Gasteiger partial charge in [-0.3, -0.25) is 4.79 Å². The molecule has 2 saturated heterocycles. The number of morpholine rings is 2. The fourth-order valence-electron chi connectivity index (χ4n) is 2.82. The maximum Gasteiger partial charge on any atom is 0.254 e. The maximum atomic E-state index is 12.4. The maximum absolute atomic E-state index is 12.4. The van der Waals surface area contributed by atoms with E-state index >= 15 is 0 Å². The van der Waals surface area contributed by atoms with Crippen LogP contribution in [0, 0.1) is 0 Å². The van der Waals surface area contributed by atoms with Gasteiger partial charge in [0, 0.05) is 31.7 Å². The topological polar surface area (TPSA) is 76.2 Å². The number of carbonyl (C=O) groups excluding carboxylic acids is 1. The van der Waals surface area contributed by atoms with Crippen LogP contribution in [0.15, 0.2) is 24.3 Å². The average Bonchev–Trinajstić information content (AvgIpc) is 2.63. The summed E-state index contributed by atoms with van der Waals surface area (Å²) in [6.45, 7) is 3.96. The predicted octanol–water partition coefficient (Wildman–Crippen LogP) is 0.321. The van der Waals surface area contributed by atoms with Crippen LogP contribution in [-0.4, -0.2) is 76.1 Å². The van der Waals surface area contributed by atoms with Gasteiger partial charge in [0.2, 0.25) is 10.0 Å². The highest BCUT2D eigenvalue weighted by Gasteiger charge is 2.25. The Hall–Kier alpha value is -1.48. The van der Waals surface area contributed by atoms with E-state index in [1.807, 2.05) is 0 Å². The molecule has 0 atom stereocenters. The minimum absolute atomic E-state index is 0.0408. The molecule has 1 aromatic rings. The minimum Gasteiger partial charge on any atom is -0.379 e. The second-order valence-corrected chi connectivity index (χ2v) is 7.84. The van der Waals surface area contributed by atoms with Crippen molar-refractivity contribution in [3.8, 4) is 0 Å². The van der Waals surface area contributed by atoms with E-state index in [1.165, 1.54) is 4.31 Å². The summed E-state index contributed by atoms with van der Waals surface area (Å²) in [5.74, 6) is -0.0974. The fraction of sp³-hybridized carbons (Fsp3) is 0.562. The Morgan fingerprint density at radius 2 is 1.46 bits per heavy atom. The normalized spacial score (nSPS) is 20.1. The molecule has 2 heterocycles. The number of ether oxygens (including phenoxy) is 2. The second-order valence-electron chi connectivity index (χ2n) is 5.87. The van der Waals surface area contributed by atoms with Gasteiger partial charge in [0.15, 0.2) is 0 Å². The highest BCUT2D eigenvalue weighted by molar-refractivity contribution is 7.88. The van der Waals surface area contributed by atoms with Gasteiger partial charge in [0.1, 0.15) is 0 Å². The van der Waals surface area contributed by atoms with Crippen molar-refractivity contribution in [1.82, 2.24) is 9.21 Å². The Bertz CT molecular complexity index is 662. The molecule has 2 fully saturated rings. The van der Waals surface area contributed by atoms with Crippen molar-refractivity contribution in [2.75, 3.05) is 52.6 Å². The molecule has 0 saturated carbocycles. The Balaban J connectivity index is 1.64. The van der Waals surface area contributed by atoms with Crippen LogP contribution in [0.5, 0.6) is 0 Å². The van der Waals surface area contributed by atoms with Crippen LogP contribution in [0.25, 0.3) is 0 Å². The number of benzene rings is 1. The number of sulfonamides is 1. The van der Waals surface area contributed by atoms with Crippen molar-refractivity contribution in [1.29, 1.82) is 0 Å². The van der Waals surface area contributed by atoms with Gasteiger partial charge >= 0.3 is 0 Å². The van der Waals surface area contributed by atoms with E-state index in [0.717, 1.165) is 0 Å². The molecule has 24 heavy (non-hydrogen) atoms. The van der Waals surface area contributed by atoms with Crippen LogP contribution in [0.2, 0.25) is 0 Å². The van der Waals surface area contributed by atoms with Crippen LogP contribution >= 0.6 is 0 Å². The van der Waals surface area contributed by atoms with Crippen LogP contribution in [0.3, 0.4) is 0 Å². The van der Waals surface area contributed by atoms with E-state index in [9.17, 15) is 13.2 Å². The van der Waals surface area contributed by atoms with Crippen molar-refractivity contribution in [3.63, 3.8) is 0 Å². The number of nitrogens with zero attached hydrogens (tertiary/aromatic N) is 2. The van der Waals surface area contributed by atoms with E-state index < -0.39 is 10.0 Å². The molecule has 0 radical (unpaired) electrons. The number of rotatable bonds is 4. The highest BCUT2D eigenvalue weighted by Crippen LogP contribution is 2.15. The number of hydrogen-bond acceptors (Lipinski definition) is 5. The monoisotopic (exact) mass is 354 g/mol. The molecule has 2 aliphatic heterocycles. The summed E-state index contributed by atoms with van der Waals surface area (Å²) in [4.78, 5) is 14.1. The quantitative estimate of drug-likeness (QED) is 0.778. The van der Waals surface area contributed by atoms with Gasteiger partial charge in [-0.05, 0) is 17.7 Å². The molecule has 0 N–H and O–H groups in total. The summed E-state index contributed by atoms with van der Waals surface area (Å²) < 4.78 is 36.7. The Morgan fingerprint density at radius 1 is 0.917 bits per heavy atom. The van der Waals surface area contributed by atoms with Gasteiger partial charge < -0.3 is 14.4 Å². The summed E-state index contributed by atoms with van der Waals surface area (Å²) in [5, 5.41) is 0. The number of hydrogen-bond donors (Lipinski definition) is 0. The van der Waals surface area contributed by atoms with Gasteiger partial charge in [0.05, 0.1) is 32.2 Å². The van der Waals surface area contributed by atoms with Gasteiger partial charge in [0.25, 0.3) is 5.91 Å². The highest BCUT2D eigenvalue weighted by atomic mass is 32.2. The fourth-order valence-corrected chi connectivity index (χ4v) is 4.32. The molecule has 2 aliphatic rings. The Kier molecular flexibility index (Phi) is 5.50. The zero-order valence-corrected chi connectivity index (χ0v) is 14.3. The minimum atomic E-state index is -3.35. The largest absolute Gasteiger partial charge is 0.379 e. The first kappa shape index (κ1) is 17.3. The van der Waals surface area contributed by atoms with E-state index in [0.29, 0.717) is 63.7 Å². The third-order valence-corrected chi connectivity index (χ3v) is 6.06. The lowest BCUT2D eigenvalue weighted by Crippen LogP contribution is -2.41. The van der Waals surface area contributed by atoms with Crippen molar-refractivity contribution >= 4 is 15.9 Å². The lowest BCUT2D eigenvalue weighted by atomic mass is 10.1. The molecular weight excluding hydrogens is 332 g/mol. The molecule has 0 aromatic heterocycles. The molecule has 132 valence electrons. The lowest BCUT2D eigenvalue weighted by Gasteiger charge is -2.27. The third kappa shape index (κ3) is 4.13. The van der Waals surface area contributed by atoms with Gasteiger partial charge in [-0.1, -0.05) is 12.1 Å². The summed E-state index contributed by atoms with van der Waals surface area (Å²) in [6, 6.07) is 6.82. The second kappa shape index (κ2) is 7.60. The van der Waals surface area contributed by atoms with Gasteiger partial charge in [-0.2, -0.15) is 4.31 Å². The molecule has 1 amide bonds. The van der Waals surface area contributed by atoms with Gasteiger partial charge in [-0.15, -0.1) is 0 Å². The molecule has 3 rings (SSSR count). The van der Waals surface area contributed by atoms with E-state index in [4.69, 9.17) is 9.47 Å². The number of carbonyl (C=O) groups is 1. The van der Waals surface area contributed by atoms with Crippen LogP contribution in [0.1, 0.15) is 15.9 Å². The molecule has 0 spiro atoms. The van der Waals surface area contributed by atoms with Crippen molar-refractivity contribution in [3.05, 3.63) is 35.4 Å². The summed E-state index contributed by atoms with van der Waals surface area (Å²) in [7, 11) is -3.35. The van der Waals surface area contributed by atoms with Gasteiger partial charge in [-0.25, -0.2) is 8.42 Å². The Morgan fingerprint density at radius 3 is 2.04 bits per heavy atom. The molecule has 7 nitrogen and oxygen atoms in total. The molecule has 0 aliphatic carbocycles. The zero-order valence-electron chi connectivity index (χ0n) is 13.5. The third-order valence-electron chi connectivity index (χ3n) is 4.21. The summed E-state index contributed by atoms with van der Waals surface area (Å²) in [6.07, 6.45) is 0. The first-order valence-corrected chi connectivity index (χ1v) is 9.69. The van der Waals surface area contributed by atoms with Crippen LogP contribution < -0.4 is 0 Å². The van der Waals surface area contributed by atoms with Crippen LogP contribution in [0.4, 0.5) is 0 Å². The number of amides is 1. The summed E-state index contributed by atoms with van der Waals surface area (Å²) in [5.41, 5.74) is 1.25. The molecule has 1 aromatic carbocycles. The molecule has 0 unspecified atom stereocenters. The molecule has 0 bridgehead atoms. The standard InChI is InChI=1S/C16H22N2O5S/c19-16(17-5-9-22-10-6-17)15-3-1-14(2-4-15)13-24(20,21)18-7-11-23-12-8-18/h1-4H,5-13H2. The zero-order chi connectivity index (χ0) is 17.0. The SMILES string of the molecule is O=C(c1ccc(CS(=O)(=O)N2CCOCC2)cc1)N1CCOCC1. The molecular formula is C16H22N2O5S. The van der Waals surface area contributed by atoms with Crippen LogP contribution in [-0.2, 0) is 25.2 Å². The molecule has 8 heteroatoms.